The van der Waals surface area contributed by atoms with Gasteiger partial charge in [0, 0.05) is 17.3 Å². The SMILES string of the molecule is C#Cc1cccc(NC(=O)c2cc(N)c(OC)cc2O)c1. The van der Waals surface area contributed by atoms with Crippen LogP contribution in [0.4, 0.5) is 11.4 Å². The van der Waals surface area contributed by atoms with Crippen LogP contribution in [0.1, 0.15) is 15.9 Å². The Morgan fingerprint density at radius 1 is 1.38 bits per heavy atom. The first-order chi connectivity index (χ1) is 10.0. The quantitative estimate of drug-likeness (QED) is 0.458. The number of hydrogen-bond donors (Lipinski definition) is 3. The van der Waals surface area contributed by atoms with Crippen molar-refractivity contribution in [3.63, 3.8) is 0 Å². The summed E-state index contributed by atoms with van der Waals surface area (Å²) in [5.41, 5.74) is 7.23. The first-order valence-corrected chi connectivity index (χ1v) is 6.09. The summed E-state index contributed by atoms with van der Waals surface area (Å²) in [4.78, 5) is 12.2. The molecule has 0 saturated heterocycles. The summed E-state index contributed by atoms with van der Waals surface area (Å²) in [6.45, 7) is 0. The number of carbonyl (C=O) groups is 1. The van der Waals surface area contributed by atoms with E-state index in [1.54, 1.807) is 24.3 Å². The largest absolute Gasteiger partial charge is 0.507 e. The number of methoxy groups -OCH3 is 1. The van der Waals surface area contributed by atoms with Crippen LogP contribution in [-0.4, -0.2) is 18.1 Å². The summed E-state index contributed by atoms with van der Waals surface area (Å²) in [5, 5.41) is 12.5. The Balaban J connectivity index is 2.28. The van der Waals surface area contributed by atoms with Crippen molar-refractivity contribution in [3.05, 3.63) is 47.5 Å². The Labute approximate surface area is 122 Å². The molecule has 0 aliphatic rings. The van der Waals surface area contributed by atoms with Crippen LogP contribution < -0.4 is 15.8 Å². The zero-order valence-electron chi connectivity index (χ0n) is 11.4. The number of ether oxygens (including phenoxy) is 1. The molecule has 2 aromatic rings. The van der Waals surface area contributed by atoms with E-state index in [4.69, 9.17) is 16.9 Å². The second-order valence-corrected chi connectivity index (χ2v) is 4.29. The van der Waals surface area contributed by atoms with E-state index in [2.05, 4.69) is 11.2 Å². The van der Waals surface area contributed by atoms with Gasteiger partial charge in [-0.15, -0.1) is 6.42 Å². The van der Waals surface area contributed by atoms with Gasteiger partial charge >= 0.3 is 0 Å². The minimum Gasteiger partial charge on any atom is -0.507 e. The van der Waals surface area contributed by atoms with Crippen LogP contribution in [0.15, 0.2) is 36.4 Å². The first kappa shape index (κ1) is 14.3. The van der Waals surface area contributed by atoms with Crippen molar-refractivity contribution in [3.8, 4) is 23.8 Å². The van der Waals surface area contributed by atoms with E-state index < -0.39 is 5.91 Å². The molecule has 21 heavy (non-hydrogen) atoms. The third-order valence-electron chi connectivity index (χ3n) is 2.88. The molecule has 0 spiro atoms. The highest BCUT2D eigenvalue weighted by molar-refractivity contribution is 6.07. The van der Waals surface area contributed by atoms with Crippen molar-refractivity contribution in [1.82, 2.24) is 0 Å². The number of nitrogen functional groups attached to an aromatic ring is 1. The predicted molar refractivity (Wildman–Crippen MR) is 81.4 cm³/mol. The topological polar surface area (TPSA) is 84.6 Å². The zero-order valence-corrected chi connectivity index (χ0v) is 11.4. The monoisotopic (exact) mass is 282 g/mol. The first-order valence-electron chi connectivity index (χ1n) is 6.09. The second-order valence-electron chi connectivity index (χ2n) is 4.29. The predicted octanol–water partition coefficient (Wildman–Crippen LogP) is 2.22. The molecule has 0 radical (unpaired) electrons. The lowest BCUT2D eigenvalue weighted by Crippen LogP contribution is -2.13. The maximum Gasteiger partial charge on any atom is 0.259 e. The lowest BCUT2D eigenvalue weighted by molar-refractivity contribution is 0.102. The smallest absolute Gasteiger partial charge is 0.259 e. The molecule has 0 aliphatic carbocycles. The molecule has 0 heterocycles. The van der Waals surface area contributed by atoms with Gasteiger partial charge in [-0.2, -0.15) is 0 Å². The normalized spacial score (nSPS) is 9.71. The van der Waals surface area contributed by atoms with E-state index in [9.17, 15) is 9.90 Å². The molecule has 2 aromatic carbocycles. The van der Waals surface area contributed by atoms with Gasteiger partial charge in [0.25, 0.3) is 5.91 Å². The van der Waals surface area contributed by atoms with E-state index in [0.29, 0.717) is 17.0 Å². The Hall–Kier alpha value is -3.13. The molecule has 0 saturated carbocycles. The highest BCUT2D eigenvalue weighted by Crippen LogP contribution is 2.30. The Bertz CT molecular complexity index is 733. The Morgan fingerprint density at radius 3 is 2.81 bits per heavy atom. The molecule has 2 rings (SSSR count). The number of nitrogens with two attached hydrogens (primary N) is 1. The lowest BCUT2D eigenvalue weighted by atomic mass is 10.1. The lowest BCUT2D eigenvalue weighted by Gasteiger charge is -2.10. The minimum atomic E-state index is -0.490. The molecule has 0 fully saturated rings. The zero-order chi connectivity index (χ0) is 15.4. The summed E-state index contributed by atoms with van der Waals surface area (Å²) in [7, 11) is 1.43. The molecule has 0 aliphatic heterocycles. The van der Waals surface area contributed by atoms with Crippen molar-refractivity contribution >= 4 is 17.3 Å². The number of carbonyl (C=O) groups excluding carboxylic acids is 1. The van der Waals surface area contributed by atoms with Crippen LogP contribution in [0.5, 0.6) is 11.5 Å². The molecule has 1 amide bonds. The number of rotatable bonds is 3. The van der Waals surface area contributed by atoms with Crippen molar-refractivity contribution in [1.29, 1.82) is 0 Å². The molecule has 5 nitrogen and oxygen atoms in total. The fourth-order valence-electron chi connectivity index (χ4n) is 1.83. The molecular weight excluding hydrogens is 268 g/mol. The maximum atomic E-state index is 12.2. The van der Waals surface area contributed by atoms with E-state index in [0.717, 1.165) is 0 Å². The van der Waals surface area contributed by atoms with Gasteiger partial charge in [0.1, 0.15) is 11.5 Å². The van der Waals surface area contributed by atoms with Gasteiger partial charge in [0.15, 0.2) is 0 Å². The Morgan fingerprint density at radius 2 is 2.14 bits per heavy atom. The number of anilines is 2. The second kappa shape index (κ2) is 5.88. The van der Waals surface area contributed by atoms with E-state index in [1.807, 2.05) is 0 Å². The Kier molecular flexibility index (Phi) is 4.00. The van der Waals surface area contributed by atoms with E-state index in [-0.39, 0.29) is 17.0 Å². The number of aromatic hydroxyl groups is 1. The minimum absolute atomic E-state index is 0.0550. The van der Waals surface area contributed by atoms with Crippen molar-refractivity contribution in [2.24, 2.45) is 0 Å². The molecular formula is C16H14N2O3. The fourth-order valence-corrected chi connectivity index (χ4v) is 1.83. The van der Waals surface area contributed by atoms with Crippen LogP contribution in [0, 0.1) is 12.3 Å². The summed E-state index contributed by atoms with van der Waals surface area (Å²) >= 11 is 0. The average molecular weight is 282 g/mol. The molecule has 0 unspecified atom stereocenters. The molecule has 5 heteroatoms. The van der Waals surface area contributed by atoms with Gasteiger partial charge in [-0.25, -0.2) is 0 Å². The van der Waals surface area contributed by atoms with Crippen LogP contribution in [0.3, 0.4) is 0 Å². The van der Waals surface area contributed by atoms with Crippen LogP contribution >= 0.6 is 0 Å². The number of phenolic OH excluding ortho intramolecular Hbond substituents is 1. The number of phenols is 1. The van der Waals surface area contributed by atoms with E-state index in [1.165, 1.54) is 19.2 Å². The third kappa shape index (κ3) is 3.07. The number of benzene rings is 2. The third-order valence-corrected chi connectivity index (χ3v) is 2.88. The highest BCUT2D eigenvalue weighted by atomic mass is 16.5. The van der Waals surface area contributed by atoms with Crippen molar-refractivity contribution in [2.75, 3.05) is 18.2 Å². The van der Waals surface area contributed by atoms with Crippen molar-refractivity contribution < 1.29 is 14.6 Å². The average Bonchev–Trinajstić information content (AvgIpc) is 2.49. The number of hydrogen-bond acceptors (Lipinski definition) is 4. The van der Waals surface area contributed by atoms with E-state index >= 15 is 0 Å². The van der Waals surface area contributed by atoms with Gasteiger partial charge in [-0.3, -0.25) is 4.79 Å². The molecule has 0 bridgehead atoms. The fraction of sp³-hybridized carbons (Fsp3) is 0.0625. The number of amides is 1. The standard InChI is InChI=1S/C16H14N2O3/c1-3-10-5-4-6-11(7-10)18-16(20)12-8-13(17)15(21-2)9-14(12)19/h1,4-9,19H,17H2,2H3,(H,18,20). The highest BCUT2D eigenvalue weighted by Gasteiger charge is 2.15. The van der Waals surface area contributed by atoms with Gasteiger partial charge in [0.2, 0.25) is 0 Å². The van der Waals surface area contributed by atoms with Crippen LogP contribution in [-0.2, 0) is 0 Å². The van der Waals surface area contributed by atoms with Crippen molar-refractivity contribution in [2.45, 2.75) is 0 Å². The number of terminal acetylenes is 1. The number of nitrogens with one attached hydrogen (secondary N) is 1. The summed E-state index contributed by atoms with van der Waals surface area (Å²) < 4.78 is 4.97. The van der Waals surface area contributed by atoms with Gasteiger partial charge in [-0.1, -0.05) is 12.0 Å². The molecule has 0 atom stereocenters. The summed E-state index contributed by atoms with van der Waals surface area (Å²) in [6, 6.07) is 9.48. The van der Waals surface area contributed by atoms with Gasteiger partial charge in [0.05, 0.1) is 18.4 Å². The molecule has 0 aromatic heterocycles. The molecule has 4 N–H and O–H groups in total. The maximum absolute atomic E-state index is 12.2. The van der Waals surface area contributed by atoms with Gasteiger partial charge < -0.3 is 20.9 Å². The summed E-state index contributed by atoms with van der Waals surface area (Å²) in [5.74, 6) is 2.08. The molecule has 106 valence electrons. The van der Waals surface area contributed by atoms with Gasteiger partial charge in [-0.05, 0) is 24.3 Å². The van der Waals surface area contributed by atoms with Crippen LogP contribution in [0.2, 0.25) is 0 Å². The van der Waals surface area contributed by atoms with Crippen LogP contribution in [0.25, 0.3) is 0 Å². The summed E-state index contributed by atoms with van der Waals surface area (Å²) in [6.07, 6.45) is 5.30.